The highest BCUT2D eigenvalue weighted by Gasteiger charge is 2.45. The van der Waals surface area contributed by atoms with Crippen LogP contribution in [-0.2, 0) is 10.2 Å². The molecule has 2 rings (SSSR count). The number of allylic oxidation sites excluding steroid dienone is 1. The zero-order valence-corrected chi connectivity index (χ0v) is 11.9. The molecule has 0 heterocycles. The molecule has 19 heavy (non-hydrogen) atoms. The molecule has 0 saturated heterocycles. The van der Waals surface area contributed by atoms with Gasteiger partial charge in [-0.25, -0.2) is 0 Å². The zero-order valence-electron chi connectivity index (χ0n) is 11.9. The summed E-state index contributed by atoms with van der Waals surface area (Å²) >= 11 is 0. The molecule has 1 fully saturated rings. The quantitative estimate of drug-likeness (QED) is 0.635. The van der Waals surface area contributed by atoms with E-state index in [1.807, 2.05) is 13.0 Å². The average Bonchev–Trinajstić information content (AvgIpc) is 2.33. The highest BCUT2D eigenvalue weighted by molar-refractivity contribution is 5.89. The fourth-order valence-electron chi connectivity index (χ4n) is 2.72. The summed E-state index contributed by atoms with van der Waals surface area (Å²) in [6, 6.07) is 8.39. The lowest BCUT2D eigenvalue weighted by atomic mass is 9.63. The van der Waals surface area contributed by atoms with Crippen LogP contribution < -0.4 is 5.32 Å². The van der Waals surface area contributed by atoms with Crippen LogP contribution in [0.15, 0.2) is 36.4 Å². The van der Waals surface area contributed by atoms with E-state index in [2.05, 4.69) is 42.6 Å². The Balaban J connectivity index is 2.07. The fraction of sp³-hybridized carbons (Fsp3) is 0.471. The smallest absolute Gasteiger partial charge is 0.230 e. The summed E-state index contributed by atoms with van der Waals surface area (Å²) in [5, 5.41) is 3.09. The molecule has 1 aliphatic rings. The third kappa shape index (κ3) is 2.89. The van der Waals surface area contributed by atoms with Crippen molar-refractivity contribution in [3.05, 3.63) is 47.5 Å². The van der Waals surface area contributed by atoms with Crippen LogP contribution in [-0.4, -0.2) is 12.5 Å². The number of aryl methyl sites for hydroxylation is 1. The molecule has 0 aliphatic heterocycles. The minimum Gasteiger partial charge on any atom is -0.355 e. The number of amides is 1. The minimum absolute atomic E-state index is 0.203. The predicted molar refractivity (Wildman–Crippen MR) is 79.1 cm³/mol. The Labute approximate surface area is 115 Å². The van der Waals surface area contributed by atoms with Gasteiger partial charge in [0.2, 0.25) is 5.91 Å². The van der Waals surface area contributed by atoms with Crippen molar-refractivity contribution in [1.29, 1.82) is 0 Å². The number of hydrogen-bond donors (Lipinski definition) is 1. The van der Waals surface area contributed by atoms with Crippen LogP contribution in [0, 0.1) is 6.92 Å². The summed E-state index contributed by atoms with van der Waals surface area (Å²) in [7, 11) is 0. The molecule has 1 aliphatic carbocycles. The van der Waals surface area contributed by atoms with Crippen molar-refractivity contribution in [1.82, 2.24) is 5.32 Å². The molecule has 0 bridgehead atoms. The molecule has 2 nitrogen and oxygen atoms in total. The molecule has 1 aromatic rings. The Morgan fingerprint density at radius 2 is 2.21 bits per heavy atom. The highest BCUT2D eigenvalue weighted by Crippen LogP contribution is 2.44. The summed E-state index contributed by atoms with van der Waals surface area (Å²) in [6.45, 7) is 4.82. The van der Waals surface area contributed by atoms with Crippen molar-refractivity contribution in [2.24, 2.45) is 0 Å². The maximum absolute atomic E-state index is 12.5. The molecular weight excluding hydrogens is 234 g/mol. The maximum Gasteiger partial charge on any atom is 0.230 e. The van der Waals surface area contributed by atoms with Crippen LogP contribution in [0.25, 0.3) is 0 Å². The summed E-state index contributed by atoms with van der Waals surface area (Å²) in [5.74, 6) is 0.203. The summed E-state index contributed by atoms with van der Waals surface area (Å²) in [4.78, 5) is 12.5. The largest absolute Gasteiger partial charge is 0.355 e. The number of carbonyl (C=O) groups is 1. The Bertz CT molecular complexity index is 472. The van der Waals surface area contributed by atoms with Gasteiger partial charge in [0.05, 0.1) is 5.41 Å². The van der Waals surface area contributed by atoms with Gasteiger partial charge in [-0.05, 0) is 38.7 Å². The van der Waals surface area contributed by atoms with E-state index in [0.29, 0.717) is 0 Å². The molecule has 0 unspecified atom stereocenters. The van der Waals surface area contributed by atoms with Crippen LogP contribution in [0.5, 0.6) is 0 Å². The van der Waals surface area contributed by atoms with E-state index in [0.717, 1.165) is 32.2 Å². The van der Waals surface area contributed by atoms with Gasteiger partial charge >= 0.3 is 0 Å². The first-order valence-electron chi connectivity index (χ1n) is 7.16. The monoisotopic (exact) mass is 257 g/mol. The lowest BCUT2D eigenvalue weighted by Gasteiger charge is -2.41. The molecule has 0 radical (unpaired) electrons. The van der Waals surface area contributed by atoms with E-state index in [4.69, 9.17) is 0 Å². The lowest BCUT2D eigenvalue weighted by molar-refractivity contribution is -0.129. The third-order valence-corrected chi connectivity index (χ3v) is 4.04. The van der Waals surface area contributed by atoms with Crippen LogP contribution in [0.4, 0.5) is 0 Å². The predicted octanol–water partition coefficient (Wildman–Crippen LogP) is 3.50. The van der Waals surface area contributed by atoms with Gasteiger partial charge < -0.3 is 5.32 Å². The normalized spacial score (nSPS) is 17.2. The summed E-state index contributed by atoms with van der Waals surface area (Å²) < 4.78 is 0. The molecule has 1 aromatic carbocycles. The third-order valence-electron chi connectivity index (χ3n) is 4.04. The van der Waals surface area contributed by atoms with Crippen molar-refractivity contribution in [2.75, 3.05) is 6.54 Å². The molecule has 1 amide bonds. The number of nitrogens with one attached hydrogen (secondary N) is 1. The first kappa shape index (κ1) is 13.9. The second kappa shape index (κ2) is 6.05. The molecule has 102 valence electrons. The van der Waals surface area contributed by atoms with Gasteiger partial charge in [-0.2, -0.15) is 0 Å². The Morgan fingerprint density at radius 3 is 2.79 bits per heavy atom. The van der Waals surface area contributed by atoms with E-state index in [1.165, 1.54) is 11.1 Å². The molecule has 0 spiro atoms. The van der Waals surface area contributed by atoms with Crippen molar-refractivity contribution >= 4 is 5.91 Å². The Hall–Kier alpha value is -1.57. The number of rotatable bonds is 5. The van der Waals surface area contributed by atoms with Crippen molar-refractivity contribution < 1.29 is 4.79 Å². The Morgan fingerprint density at radius 1 is 1.42 bits per heavy atom. The molecular formula is C17H23NO. The topological polar surface area (TPSA) is 29.1 Å². The van der Waals surface area contributed by atoms with Gasteiger partial charge in [0.15, 0.2) is 0 Å². The van der Waals surface area contributed by atoms with Gasteiger partial charge in [-0.15, -0.1) is 0 Å². The van der Waals surface area contributed by atoms with Gasteiger partial charge in [-0.3, -0.25) is 4.79 Å². The SMILES string of the molecule is C/C=C/CCNC(=O)C1(c2cccc(C)c2)CCC1. The molecule has 1 N–H and O–H groups in total. The van der Waals surface area contributed by atoms with Gasteiger partial charge in [-0.1, -0.05) is 48.4 Å². The van der Waals surface area contributed by atoms with E-state index in [1.54, 1.807) is 0 Å². The number of carbonyl (C=O) groups excluding carboxylic acids is 1. The minimum atomic E-state index is -0.262. The van der Waals surface area contributed by atoms with E-state index in [9.17, 15) is 4.79 Å². The van der Waals surface area contributed by atoms with E-state index >= 15 is 0 Å². The molecule has 2 heteroatoms. The van der Waals surface area contributed by atoms with E-state index < -0.39 is 0 Å². The first-order valence-corrected chi connectivity index (χ1v) is 7.16. The Kier molecular flexibility index (Phi) is 4.41. The fourth-order valence-corrected chi connectivity index (χ4v) is 2.72. The first-order chi connectivity index (χ1) is 9.19. The van der Waals surface area contributed by atoms with Crippen molar-refractivity contribution in [3.63, 3.8) is 0 Å². The van der Waals surface area contributed by atoms with Gasteiger partial charge in [0.25, 0.3) is 0 Å². The highest BCUT2D eigenvalue weighted by atomic mass is 16.2. The van der Waals surface area contributed by atoms with Gasteiger partial charge in [0, 0.05) is 6.54 Å². The summed E-state index contributed by atoms with van der Waals surface area (Å²) in [5.41, 5.74) is 2.15. The van der Waals surface area contributed by atoms with Crippen LogP contribution >= 0.6 is 0 Å². The molecule has 0 atom stereocenters. The lowest BCUT2D eigenvalue weighted by Crippen LogP contribution is -2.49. The van der Waals surface area contributed by atoms with Crippen molar-refractivity contribution in [2.45, 2.75) is 44.9 Å². The second-order valence-corrected chi connectivity index (χ2v) is 5.42. The molecule has 1 saturated carbocycles. The number of hydrogen-bond acceptors (Lipinski definition) is 1. The van der Waals surface area contributed by atoms with Crippen LogP contribution in [0.2, 0.25) is 0 Å². The van der Waals surface area contributed by atoms with Gasteiger partial charge in [0.1, 0.15) is 0 Å². The average molecular weight is 257 g/mol. The molecule has 0 aromatic heterocycles. The standard InChI is InChI=1S/C17H23NO/c1-3-4-5-12-18-16(19)17(10-7-11-17)15-9-6-8-14(2)13-15/h3-4,6,8-9,13H,5,7,10-12H2,1-2H3,(H,18,19)/b4-3+. The maximum atomic E-state index is 12.5. The second-order valence-electron chi connectivity index (χ2n) is 5.42. The summed E-state index contributed by atoms with van der Waals surface area (Å²) in [6.07, 6.45) is 8.12. The zero-order chi connectivity index (χ0) is 13.7. The van der Waals surface area contributed by atoms with Crippen LogP contribution in [0.3, 0.4) is 0 Å². The van der Waals surface area contributed by atoms with Crippen molar-refractivity contribution in [3.8, 4) is 0 Å². The number of benzene rings is 1. The van der Waals surface area contributed by atoms with E-state index in [-0.39, 0.29) is 11.3 Å². The van der Waals surface area contributed by atoms with Crippen LogP contribution in [0.1, 0.15) is 43.7 Å².